The SMILES string of the molecule is CCOc1cccc(C(=O)c2nccc3ccccc23)c1. The van der Waals surface area contributed by atoms with E-state index in [9.17, 15) is 4.79 Å². The summed E-state index contributed by atoms with van der Waals surface area (Å²) in [4.78, 5) is 17.0. The van der Waals surface area contributed by atoms with E-state index in [1.165, 1.54) is 0 Å². The van der Waals surface area contributed by atoms with E-state index in [1.807, 2.05) is 49.4 Å². The lowest BCUT2D eigenvalue weighted by atomic mass is 10.0. The maximum absolute atomic E-state index is 12.7. The molecule has 0 atom stereocenters. The van der Waals surface area contributed by atoms with Gasteiger partial charge in [-0.15, -0.1) is 0 Å². The second-order valence-corrected chi connectivity index (χ2v) is 4.67. The summed E-state index contributed by atoms with van der Waals surface area (Å²) in [7, 11) is 0. The number of pyridine rings is 1. The van der Waals surface area contributed by atoms with Crippen molar-refractivity contribution in [3.05, 3.63) is 72.1 Å². The normalized spacial score (nSPS) is 10.5. The molecule has 0 saturated carbocycles. The molecule has 0 amide bonds. The smallest absolute Gasteiger partial charge is 0.212 e. The van der Waals surface area contributed by atoms with Crippen LogP contribution >= 0.6 is 0 Å². The van der Waals surface area contributed by atoms with Gasteiger partial charge in [-0.05, 0) is 30.5 Å². The second-order valence-electron chi connectivity index (χ2n) is 4.67. The molecule has 21 heavy (non-hydrogen) atoms. The third kappa shape index (κ3) is 2.63. The highest BCUT2D eigenvalue weighted by atomic mass is 16.5. The van der Waals surface area contributed by atoms with Crippen molar-refractivity contribution in [2.75, 3.05) is 6.61 Å². The van der Waals surface area contributed by atoms with Crippen molar-refractivity contribution in [1.29, 1.82) is 0 Å². The highest BCUT2D eigenvalue weighted by molar-refractivity contribution is 6.15. The minimum absolute atomic E-state index is 0.0895. The van der Waals surface area contributed by atoms with Crippen molar-refractivity contribution in [1.82, 2.24) is 4.98 Å². The number of benzene rings is 2. The molecule has 3 aromatic rings. The molecule has 0 aliphatic rings. The molecular weight excluding hydrogens is 262 g/mol. The molecule has 1 heterocycles. The van der Waals surface area contributed by atoms with Crippen LogP contribution in [0.25, 0.3) is 10.8 Å². The first-order chi connectivity index (χ1) is 10.3. The van der Waals surface area contributed by atoms with E-state index in [0.717, 1.165) is 10.8 Å². The lowest BCUT2D eigenvalue weighted by Gasteiger charge is -2.07. The standard InChI is InChI=1S/C18H15NO2/c1-2-21-15-8-5-7-14(12-15)18(20)17-16-9-4-3-6-13(16)10-11-19-17/h3-12H,2H2,1H3. The fourth-order valence-electron chi connectivity index (χ4n) is 2.33. The van der Waals surface area contributed by atoms with E-state index >= 15 is 0 Å². The van der Waals surface area contributed by atoms with Gasteiger partial charge in [-0.25, -0.2) is 0 Å². The van der Waals surface area contributed by atoms with Crippen LogP contribution in [0.2, 0.25) is 0 Å². The third-order valence-corrected chi connectivity index (χ3v) is 3.30. The first-order valence-corrected chi connectivity index (χ1v) is 6.91. The quantitative estimate of drug-likeness (QED) is 0.680. The van der Waals surface area contributed by atoms with Gasteiger partial charge in [0.1, 0.15) is 11.4 Å². The number of ketones is 1. The Morgan fingerprint density at radius 2 is 1.95 bits per heavy atom. The van der Waals surface area contributed by atoms with Gasteiger partial charge in [0.2, 0.25) is 5.78 Å². The highest BCUT2D eigenvalue weighted by Gasteiger charge is 2.14. The summed E-state index contributed by atoms with van der Waals surface area (Å²) in [5.74, 6) is 0.608. The van der Waals surface area contributed by atoms with E-state index in [-0.39, 0.29) is 5.78 Å². The number of rotatable bonds is 4. The van der Waals surface area contributed by atoms with Gasteiger partial charge in [0.05, 0.1) is 6.61 Å². The number of hydrogen-bond donors (Lipinski definition) is 0. The zero-order valence-electron chi connectivity index (χ0n) is 11.7. The number of hydrogen-bond acceptors (Lipinski definition) is 3. The minimum Gasteiger partial charge on any atom is -0.494 e. The Bertz CT molecular complexity index is 791. The summed E-state index contributed by atoms with van der Waals surface area (Å²) in [6.45, 7) is 2.49. The Hall–Kier alpha value is -2.68. The van der Waals surface area contributed by atoms with Crippen molar-refractivity contribution in [3.63, 3.8) is 0 Å². The predicted molar refractivity (Wildman–Crippen MR) is 82.8 cm³/mol. The third-order valence-electron chi connectivity index (χ3n) is 3.30. The zero-order chi connectivity index (χ0) is 14.7. The van der Waals surface area contributed by atoms with E-state index in [4.69, 9.17) is 4.74 Å². The molecular formula is C18H15NO2. The fourth-order valence-corrected chi connectivity index (χ4v) is 2.33. The fraction of sp³-hybridized carbons (Fsp3) is 0.111. The molecule has 0 unspecified atom stereocenters. The van der Waals surface area contributed by atoms with Crippen molar-refractivity contribution >= 4 is 16.6 Å². The maximum Gasteiger partial charge on any atom is 0.212 e. The summed E-state index contributed by atoms with van der Waals surface area (Å²) in [5, 5.41) is 1.88. The molecule has 0 aliphatic heterocycles. The molecule has 3 nitrogen and oxygen atoms in total. The van der Waals surface area contributed by atoms with Gasteiger partial charge in [-0.3, -0.25) is 9.78 Å². The number of carbonyl (C=O) groups excluding carboxylic acids is 1. The summed E-state index contributed by atoms with van der Waals surface area (Å²) < 4.78 is 5.45. The average molecular weight is 277 g/mol. The van der Waals surface area contributed by atoms with Gasteiger partial charge >= 0.3 is 0 Å². The summed E-state index contributed by atoms with van der Waals surface area (Å²) in [6.07, 6.45) is 1.67. The number of fused-ring (bicyclic) bond motifs is 1. The van der Waals surface area contributed by atoms with Crippen LogP contribution in [0.15, 0.2) is 60.8 Å². The molecule has 2 aromatic carbocycles. The number of ether oxygens (including phenoxy) is 1. The lowest BCUT2D eigenvalue weighted by molar-refractivity contribution is 0.103. The molecule has 0 fully saturated rings. The molecule has 3 rings (SSSR count). The highest BCUT2D eigenvalue weighted by Crippen LogP contribution is 2.21. The van der Waals surface area contributed by atoms with Crippen LogP contribution in [0.3, 0.4) is 0 Å². The van der Waals surface area contributed by atoms with Gasteiger partial charge in [0.15, 0.2) is 0 Å². The molecule has 0 saturated heterocycles. The predicted octanol–water partition coefficient (Wildman–Crippen LogP) is 3.86. The number of aromatic nitrogens is 1. The minimum atomic E-state index is -0.0895. The van der Waals surface area contributed by atoms with Crippen LogP contribution in [0.5, 0.6) is 5.75 Å². The van der Waals surface area contributed by atoms with E-state index in [2.05, 4.69) is 4.98 Å². The van der Waals surface area contributed by atoms with Crippen LogP contribution in [-0.4, -0.2) is 17.4 Å². The van der Waals surface area contributed by atoms with Crippen LogP contribution in [0, 0.1) is 0 Å². The summed E-state index contributed by atoms with van der Waals surface area (Å²) in [5.41, 5.74) is 1.06. The number of carbonyl (C=O) groups is 1. The van der Waals surface area contributed by atoms with Crippen molar-refractivity contribution < 1.29 is 9.53 Å². The van der Waals surface area contributed by atoms with Gasteiger partial charge in [0.25, 0.3) is 0 Å². The zero-order valence-corrected chi connectivity index (χ0v) is 11.7. The molecule has 1 aromatic heterocycles. The summed E-state index contributed by atoms with van der Waals surface area (Å²) in [6, 6.07) is 16.9. The van der Waals surface area contributed by atoms with Gasteiger partial charge < -0.3 is 4.74 Å². The largest absolute Gasteiger partial charge is 0.494 e. The molecule has 104 valence electrons. The van der Waals surface area contributed by atoms with Gasteiger partial charge in [-0.1, -0.05) is 36.4 Å². The monoisotopic (exact) mass is 277 g/mol. The molecule has 3 heteroatoms. The van der Waals surface area contributed by atoms with Gasteiger partial charge in [-0.2, -0.15) is 0 Å². The Kier molecular flexibility index (Phi) is 3.65. The van der Waals surface area contributed by atoms with E-state index in [1.54, 1.807) is 18.3 Å². The van der Waals surface area contributed by atoms with Gasteiger partial charge in [0, 0.05) is 17.1 Å². The van der Waals surface area contributed by atoms with E-state index < -0.39 is 0 Å². The first kappa shape index (κ1) is 13.3. The maximum atomic E-state index is 12.7. The molecule has 0 bridgehead atoms. The molecule has 0 spiro atoms. The molecule has 0 radical (unpaired) electrons. The Balaban J connectivity index is 2.06. The van der Waals surface area contributed by atoms with Crippen LogP contribution in [0.1, 0.15) is 23.0 Å². The Morgan fingerprint density at radius 3 is 2.81 bits per heavy atom. The van der Waals surface area contributed by atoms with Crippen molar-refractivity contribution in [3.8, 4) is 5.75 Å². The molecule has 0 aliphatic carbocycles. The summed E-state index contributed by atoms with van der Waals surface area (Å²) >= 11 is 0. The van der Waals surface area contributed by atoms with Crippen LogP contribution < -0.4 is 4.74 Å². The van der Waals surface area contributed by atoms with Crippen LogP contribution in [-0.2, 0) is 0 Å². The average Bonchev–Trinajstić information content (AvgIpc) is 2.54. The second kappa shape index (κ2) is 5.75. The van der Waals surface area contributed by atoms with Crippen molar-refractivity contribution in [2.24, 2.45) is 0 Å². The van der Waals surface area contributed by atoms with Crippen LogP contribution in [0.4, 0.5) is 0 Å². The molecule has 0 N–H and O–H groups in total. The first-order valence-electron chi connectivity index (χ1n) is 6.91. The van der Waals surface area contributed by atoms with E-state index in [0.29, 0.717) is 23.6 Å². The Labute approximate surface area is 123 Å². The topological polar surface area (TPSA) is 39.2 Å². The van der Waals surface area contributed by atoms with Crippen molar-refractivity contribution in [2.45, 2.75) is 6.92 Å². The number of nitrogens with zero attached hydrogens (tertiary/aromatic N) is 1. The lowest BCUT2D eigenvalue weighted by Crippen LogP contribution is -2.05. The Morgan fingerprint density at radius 1 is 1.10 bits per heavy atom.